The molecule has 0 aromatic carbocycles. The van der Waals surface area contributed by atoms with Gasteiger partial charge in [0.05, 0.1) is 3.79 Å². The first-order valence-corrected chi connectivity index (χ1v) is 7.22. The summed E-state index contributed by atoms with van der Waals surface area (Å²) in [6.07, 6.45) is 3.48. The monoisotopic (exact) mass is 327 g/mol. The van der Waals surface area contributed by atoms with Gasteiger partial charge in [0.1, 0.15) is 6.04 Å². The third-order valence-electron chi connectivity index (χ3n) is 2.70. The number of likely N-dealkylation sites (N-methyl/N-ethyl adjacent to an activating group) is 1. The molecule has 0 fully saturated rings. The van der Waals surface area contributed by atoms with Gasteiger partial charge >= 0.3 is 0 Å². The highest BCUT2D eigenvalue weighted by Gasteiger charge is 2.19. The maximum absolute atomic E-state index is 12.2. The van der Waals surface area contributed by atoms with Crippen molar-refractivity contribution in [2.45, 2.75) is 19.5 Å². The Morgan fingerprint density at radius 1 is 1.67 bits per heavy atom. The highest BCUT2D eigenvalue weighted by Crippen LogP contribution is 2.22. The van der Waals surface area contributed by atoms with Gasteiger partial charge in [-0.3, -0.25) is 9.48 Å². The number of hydrogen-bond acceptors (Lipinski definition) is 3. The Bertz CT molecular complexity index is 523. The van der Waals surface area contributed by atoms with E-state index < -0.39 is 0 Å². The van der Waals surface area contributed by atoms with Crippen LogP contribution in [0.1, 0.15) is 18.5 Å². The summed E-state index contributed by atoms with van der Waals surface area (Å²) >= 11 is 5.05. The highest BCUT2D eigenvalue weighted by molar-refractivity contribution is 9.11. The van der Waals surface area contributed by atoms with Gasteiger partial charge < -0.3 is 4.90 Å². The Kier molecular flexibility index (Phi) is 4.19. The summed E-state index contributed by atoms with van der Waals surface area (Å²) in [5.74, 6) is 0.0565. The Hall–Kier alpha value is -1.14. The summed E-state index contributed by atoms with van der Waals surface area (Å²) in [5, 5.41) is 6.14. The van der Waals surface area contributed by atoms with E-state index >= 15 is 0 Å². The van der Waals surface area contributed by atoms with Crippen LogP contribution in [0, 0.1) is 0 Å². The Labute approximate surface area is 118 Å². The molecule has 0 N–H and O–H groups in total. The SMILES string of the molecule is CC(C(=O)N(C)Cc1csc(Br)c1)n1cccn1. The van der Waals surface area contributed by atoms with Crippen molar-refractivity contribution < 1.29 is 4.79 Å². The molecule has 0 bridgehead atoms. The molecule has 0 radical (unpaired) electrons. The molecule has 0 saturated carbocycles. The third kappa shape index (κ3) is 3.00. The van der Waals surface area contributed by atoms with Crippen LogP contribution < -0.4 is 0 Å². The second-order valence-corrected chi connectivity index (χ2v) is 6.41. The van der Waals surface area contributed by atoms with Crippen LogP contribution in [0.5, 0.6) is 0 Å². The second kappa shape index (κ2) is 5.67. The third-order valence-corrected chi connectivity index (χ3v) is 4.25. The van der Waals surface area contributed by atoms with Crippen LogP contribution in [0.25, 0.3) is 0 Å². The van der Waals surface area contributed by atoms with Crippen LogP contribution in [0.3, 0.4) is 0 Å². The molecule has 6 heteroatoms. The summed E-state index contributed by atoms with van der Waals surface area (Å²) in [5.41, 5.74) is 1.13. The molecule has 4 nitrogen and oxygen atoms in total. The van der Waals surface area contributed by atoms with E-state index in [4.69, 9.17) is 0 Å². The van der Waals surface area contributed by atoms with Crippen molar-refractivity contribution in [3.8, 4) is 0 Å². The summed E-state index contributed by atoms with van der Waals surface area (Å²) in [6.45, 7) is 2.47. The fourth-order valence-corrected chi connectivity index (χ4v) is 2.92. The molecule has 0 aliphatic carbocycles. The van der Waals surface area contributed by atoms with Crippen molar-refractivity contribution in [2.24, 2.45) is 0 Å². The fourth-order valence-electron chi connectivity index (χ4n) is 1.72. The molecule has 96 valence electrons. The molecule has 0 saturated heterocycles. The van der Waals surface area contributed by atoms with E-state index in [9.17, 15) is 4.79 Å². The number of rotatable bonds is 4. The lowest BCUT2D eigenvalue weighted by Crippen LogP contribution is -2.32. The maximum atomic E-state index is 12.2. The molecule has 2 heterocycles. The first-order chi connectivity index (χ1) is 8.58. The molecule has 1 atom stereocenters. The number of amides is 1. The van der Waals surface area contributed by atoms with Gasteiger partial charge in [-0.25, -0.2) is 0 Å². The Morgan fingerprint density at radius 3 is 3.00 bits per heavy atom. The second-order valence-electron chi connectivity index (χ2n) is 4.12. The minimum Gasteiger partial charge on any atom is -0.340 e. The lowest BCUT2D eigenvalue weighted by atomic mass is 10.2. The van der Waals surface area contributed by atoms with Crippen LogP contribution in [0.2, 0.25) is 0 Å². The summed E-state index contributed by atoms with van der Waals surface area (Å²) < 4.78 is 2.75. The minimum absolute atomic E-state index is 0.0565. The molecule has 2 aromatic heterocycles. The van der Waals surface area contributed by atoms with Gasteiger partial charge in [-0.05, 0) is 45.9 Å². The molecule has 18 heavy (non-hydrogen) atoms. The number of thiophene rings is 1. The largest absolute Gasteiger partial charge is 0.340 e. The van der Waals surface area contributed by atoms with Crippen LogP contribution in [0.15, 0.2) is 33.7 Å². The average Bonchev–Trinajstić information content (AvgIpc) is 2.98. The molecule has 0 aliphatic rings. The van der Waals surface area contributed by atoms with Gasteiger partial charge in [0.2, 0.25) is 5.91 Å². The summed E-state index contributed by atoms with van der Waals surface area (Å²) in [7, 11) is 1.81. The van der Waals surface area contributed by atoms with E-state index in [1.807, 2.05) is 31.5 Å². The smallest absolute Gasteiger partial charge is 0.247 e. The topological polar surface area (TPSA) is 38.1 Å². The van der Waals surface area contributed by atoms with Crippen LogP contribution in [-0.4, -0.2) is 27.6 Å². The van der Waals surface area contributed by atoms with E-state index in [1.54, 1.807) is 33.3 Å². The molecule has 1 unspecified atom stereocenters. The molecule has 1 amide bonds. The number of carbonyl (C=O) groups is 1. The predicted octanol–water partition coefficient (Wildman–Crippen LogP) is 2.93. The van der Waals surface area contributed by atoms with Crippen molar-refractivity contribution in [3.63, 3.8) is 0 Å². The van der Waals surface area contributed by atoms with Gasteiger partial charge in [0.15, 0.2) is 0 Å². The lowest BCUT2D eigenvalue weighted by molar-refractivity contribution is -0.133. The zero-order chi connectivity index (χ0) is 13.1. The standard InChI is InChI=1S/C12H14BrN3OS/c1-9(16-5-3-4-14-16)12(17)15(2)7-10-6-11(13)18-8-10/h3-6,8-9H,7H2,1-2H3. The molecule has 2 rings (SSSR count). The normalized spacial score (nSPS) is 12.4. The maximum Gasteiger partial charge on any atom is 0.247 e. The molecule has 0 aliphatic heterocycles. The first-order valence-electron chi connectivity index (χ1n) is 5.55. The van der Waals surface area contributed by atoms with E-state index in [0.29, 0.717) is 6.54 Å². The Morgan fingerprint density at radius 2 is 2.44 bits per heavy atom. The van der Waals surface area contributed by atoms with Crippen molar-refractivity contribution in [3.05, 3.63) is 39.3 Å². The fraction of sp³-hybridized carbons (Fsp3) is 0.333. The van der Waals surface area contributed by atoms with Gasteiger partial charge in [0.25, 0.3) is 0 Å². The molecular weight excluding hydrogens is 314 g/mol. The number of hydrogen-bond donors (Lipinski definition) is 0. The molecule has 0 spiro atoms. The number of aromatic nitrogens is 2. The van der Waals surface area contributed by atoms with Crippen molar-refractivity contribution in [1.29, 1.82) is 0 Å². The lowest BCUT2D eigenvalue weighted by Gasteiger charge is -2.21. The van der Waals surface area contributed by atoms with E-state index in [1.165, 1.54) is 0 Å². The quantitative estimate of drug-likeness (QED) is 0.865. The average molecular weight is 328 g/mol. The number of carbonyl (C=O) groups excluding carboxylic acids is 1. The molecule has 2 aromatic rings. The van der Waals surface area contributed by atoms with E-state index in [2.05, 4.69) is 21.0 Å². The van der Waals surface area contributed by atoms with E-state index in [-0.39, 0.29) is 11.9 Å². The zero-order valence-corrected chi connectivity index (χ0v) is 12.6. The van der Waals surface area contributed by atoms with Crippen molar-refractivity contribution >= 4 is 33.2 Å². The van der Waals surface area contributed by atoms with E-state index in [0.717, 1.165) is 9.35 Å². The van der Waals surface area contributed by atoms with Gasteiger partial charge in [0, 0.05) is 26.0 Å². The Balaban J connectivity index is 2.00. The van der Waals surface area contributed by atoms with Crippen LogP contribution >= 0.6 is 27.3 Å². The number of nitrogens with zero attached hydrogens (tertiary/aromatic N) is 3. The minimum atomic E-state index is -0.271. The van der Waals surface area contributed by atoms with Gasteiger partial charge in [-0.1, -0.05) is 0 Å². The predicted molar refractivity (Wildman–Crippen MR) is 75.4 cm³/mol. The highest BCUT2D eigenvalue weighted by atomic mass is 79.9. The zero-order valence-electron chi connectivity index (χ0n) is 10.2. The van der Waals surface area contributed by atoms with Crippen molar-refractivity contribution in [1.82, 2.24) is 14.7 Å². The van der Waals surface area contributed by atoms with Gasteiger partial charge in [-0.2, -0.15) is 5.10 Å². The molecular formula is C12H14BrN3OS. The van der Waals surface area contributed by atoms with Crippen molar-refractivity contribution in [2.75, 3.05) is 7.05 Å². The first kappa shape index (κ1) is 13.3. The number of halogens is 1. The van der Waals surface area contributed by atoms with Crippen LogP contribution in [0.4, 0.5) is 0 Å². The van der Waals surface area contributed by atoms with Crippen LogP contribution in [-0.2, 0) is 11.3 Å². The summed E-state index contributed by atoms with van der Waals surface area (Å²) in [6, 6.07) is 3.58. The van der Waals surface area contributed by atoms with Gasteiger partial charge in [-0.15, -0.1) is 11.3 Å². The summed E-state index contributed by atoms with van der Waals surface area (Å²) in [4.78, 5) is 13.9.